The molecule has 15 heteroatoms. The molecule has 0 aliphatic carbocycles. The minimum atomic E-state index is -3.75. The number of hydrogen-bond donors (Lipinski definition) is 1. The van der Waals surface area contributed by atoms with E-state index < -0.39 is 24.1 Å². The first kappa shape index (κ1) is 35.7. The number of morpholine rings is 1. The Balaban J connectivity index is 1.33. The number of para-hydroxylation sites is 1. The van der Waals surface area contributed by atoms with Crippen LogP contribution in [0, 0.1) is 6.92 Å². The van der Waals surface area contributed by atoms with Gasteiger partial charge in [0.2, 0.25) is 10.0 Å². The van der Waals surface area contributed by atoms with Crippen LogP contribution in [0.15, 0.2) is 89.1 Å². The van der Waals surface area contributed by atoms with Crippen molar-refractivity contribution in [3.8, 4) is 16.8 Å². The summed E-state index contributed by atoms with van der Waals surface area (Å²) >= 11 is 0. The standard InChI is InChI=1S/C37H44N8O5SSi/c1-26-14-15-44-33(26)37(46)45(29-11-7-6-8-12-29)35(41-44)27(2)40-34-32-31(23-42(36(32)39-24-38-34)25-50-20-21-52(3,4)5)28-10-9-13-30(22-28)51(47,48)43-16-18-49-19-17-43/h6-15,22-24,27H,16-21,25H2,1-5H3,(H,38,39,40). The Bertz CT molecular complexity index is 2400. The molecule has 1 unspecified atom stereocenters. The summed E-state index contributed by atoms with van der Waals surface area (Å²) in [6.45, 7) is 13.0. The molecule has 1 N–H and O–H groups in total. The van der Waals surface area contributed by atoms with Crippen LogP contribution in [0.1, 0.15) is 24.4 Å². The van der Waals surface area contributed by atoms with Gasteiger partial charge in [-0.2, -0.15) is 9.40 Å². The number of benzene rings is 2. The lowest BCUT2D eigenvalue weighted by molar-refractivity contribution is 0.0730. The summed E-state index contributed by atoms with van der Waals surface area (Å²) in [6.07, 6.45) is 5.23. The molecule has 0 spiro atoms. The van der Waals surface area contributed by atoms with Gasteiger partial charge in [0.05, 0.1) is 35.2 Å². The van der Waals surface area contributed by atoms with Gasteiger partial charge in [-0.1, -0.05) is 50.0 Å². The summed E-state index contributed by atoms with van der Waals surface area (Å²) < 4.78 is 45.7. The van der Waals surface area contributed by atoms with E-state index in [2.05, 4.69) is 29.9 Å². The normalized spacial score (nSPS) is 15.0. The Morgan fingerprint density at radius 1 is 1.02 bits per heavy atom. The van der Waals surface area contributed by atoms with E-state index in [4.69, 9.17) is 19.6 Å². The zero-order valence-corrected chi connectivity index (χ0v) is 31.9. The molecule has 1 atom stereocenters. The predicted molar refractivity (Wildman–Crippen MR) is 204 cm³/mol. The Labute approximate surface area is 303 Å². The van der Waals surface area contributed by atoms with E-state index in [0.29, 0.717) is 72.4 Å². The van der Waals surface area contributed by atoms with Gasteiger partial charge in [0.15, 0.2) is 5.82 Å². The molecule has 1 saturated heterocycles. The number of sulfonamides is 1. The summed E-state index contributed by atoms with van der Waals surface area (Å²) in [5.74, 6) is 0.993. The van der Waals surface area contributed by atoms with Crippen LogP contribution in [-0.4, -0.2) is 82.4 Å². The molecule has 1 fully saturated rings. The lowest BCUT2D eigenvalue weighted by Gasteiger charge is -2.26. The molecule has 272 valence electrons. The molecule has 0 bridgehead atoms. The first-order valence-electron chi connectivity index (χ1n) is 17.5. The monoisotopic (exact) mass is 740 g/mol. The highest BCUT2D eigenvalue weighted by atomic mass is 32.2. The van der Waals surface area contributed by atoms with E-state index in [1.807, 2.05) is 67.1 Å². The Morgan fingerprint density at radius 2 is 1.79 bits per heavy atom. The highest BCUT2D eigenvalue weighted by Gasteiger charge is 2.28. The zero-order chi connectivity index (χ0) is 36.6. The third-order valence-electron chi connectivity index (χ3n) is 9.30. The number of rotatable bonds is 12. The molecule has 0 radical (unpaired) electrons. The SMILES string of the molecule is Cc1ccn2nc(C(C)Nc3ncnc4c3c(-c3cccc(S(=O)(=O)N5CCOCC5)c3)cn4COCC[Si](C)(C)C)n(-c3ccccc3)c(=O)c12. The molecule has 7 rings (SSSR count). The van der Waals surface area contributed by atoms with Gasteiger partial charge in [-0.25, -0.2) is 22.9 Å². The number of fused-ring (bicyclic) bond motifs is 2. The van der Waals surface area contributed by atoms with Gasteiger partial charge in [-0.15, -0.1) is 0 Å². The maximum atomic E-state index is 14.0. The second kappa shape index (κ2) is 14.4. The minimum absolute atomic E-state index is 0.180. The van der Waals surface area contributed by atoms with Crippen molar-refractivity contribution in [3.05, 3.63) is 101 Å². The summed E-state index contributed by atoms with van der Waals surface area (Å²) in [4.78, 5) is 23.6. The number of nitrogens with zero attached hydrogens (tertiary/aromatic N) is 7. The molecular formula is C37H44N8O5SSi. The van der Waals surface area contributed by atoms with Crippen LogP contribution < -0.4 is 10.9 Å². The van der Waals surface area contributed by atoms with Gasteiger partial charge in [0, 0.05) is 45.7 Å². The molecule has 1 aliphatic rings. The molecule has 4 aromatic heterocycles. The van der Waals surface area contributed by atoms with E-state index in [-0.39, 0.29) is 17.2 Å². The lowest BCUT2D eigenvalue weighted by Crippen LogP contribution is -2.40. The number of nitrogens with one attached hydrogen (secondary N) is 1. The van der Waals surface area contributed by atoms with Crippen LogP contribution in [-0.2, 0) is 26.2 Å². The van der Waals surface area contributed by atoms with Crippen molar-refractivity contribution < 1.29 is 17.9 Å². The predicted octanol–water partition coefficient (Wildman–Crippen LogP) is 5.71. The lowest BCUT2D eigenvalue weighted by atomic mass is 10.1. The second-order valence-corrected chi connectivity index (χ2v) is 21.9. The third kappa shape index (κ3) is 7.06. The number of hydrogen-bond acceptors (Lipinski definition) is 9. The Hall–Kier alpha value is -4.67. The molecule has 52 heavy (non-hydrogen) atoms. The minimum Gasteiger partial charge on any atom is -0.379 e. The van der Waals surface area contributed by atoms with Crippen molar-refractivity contribution in [3.63, 3.8) is 0 Å². The van der Waals surface area contributed by atoms with E-state index in [1.54, 1.807) is 33.5 Å². The quantitative estimate of drug-likeness (QED) is 0.124. The molecule has 6 aromatic rings. The first-order chi connectivity index (χ1) is 24.9. The molecule has 5 heterocycles. The van der Waals surface area contributed by atoms with Crippen molar-refractivity contribution in [2.45, 2.75) is 57.2 Å². The van der Waals surface area contributed by atoms with Crippen LogP contribution in [0.25, 0.3) is 33.4 Å². The van der Waals surface area contributed by atoms with E-state index >= 15 is 0 Å². The number of ether oxygens (including phenoxy) is 2. The van der Waals surface area contributed by atoms with Crippen LogP contribution in [0.3, 0.4) is 0 Å². The smallest absolute Gasteiger partial charge is 0.282 e. The van der Waals surface area contributed by atoms with Gasteiger partial charge in [-0.3, -0.25) is 9.36 Å². The summed E-state index contributed by atoms with van der Waals surface area (Å²) in [5.41, 5.74) is 3.91. The van der Waals surface area contributed by atoms with Gasteiger partial charge in [0.25, 0.3) is 5.56 Å². The first-order valence-corrected chi connectivity index (χ1v) is 22.6. The third-order valence-corrected chi connectivity index (χ3v) is 12.9. The Kier molecular flexibility index (Phi) is 9.88. The van der Waals surface area contributed by atoms with Gasteiger partial charge >= 0.3 is 0 Å². The van der Waals surface area contributed by atoms with Crippen molar-refractivity contribution >= 4 is 40.5 Å². The fourth-order valence-corrected chi connectivity index (χ4v) is 8.67. The van der Waals surface area contributed by atoms with Crippen LogP contribution in [0.2, 0.25) is 25.7 Å². The molecule has 2 aromatic carbocycles. The molecule has 13 nitrogen and oxygen atoms in total. The summed E-state index contributed by atoms with van der Waals surface area (Å²) in [5, 5.41) is 9.15. The van der Waals surface area contributed by atoms with Crippen molar-refractivity contribution in [1.29, 1.82) is 0 Å². The number of aromatic nitrogens is 6. The fourth-order valence-electron chi connectivity index (χ4n) is 6.46. The van der Waals surface area contributed by atoms with Crippen molar-refractivity contribution in [1.82, 2.24) is 33.0 Å². The summed E-state index contributed by atoms with van der Waals surface area (Å²) in [6, 6.07) is 18.8. The Morgan fingerprint density at radius 3 is 2.54 bits per heavy atom. The largest absolute Gasteiger partial charge is 0.379 e. The van der Waals surface area contributed by atoms with Crippen LogP contribution in [0.4, 0.5) is 5.82 Å². The van der Waals surface area contributed by atoms with E-state index in [1.165, 1.54) is 10.6 Å². The zero-order valence-electron chi connectivity index (χ0n) is 30.1. The number of anilines is 1. The van der Waals surface area contributed by atoms with E-state index in [0.717, 1.165) is 17.2 Å². The highest BCUT2D eigenvalue weighted by Crippen LogP contribution is 2.36. The van der Waals surface area contributed by atoms with Gasteiger partial charge in [0.1, 0.15) is 30.0 Å². The van der Waals surface area contributed by atoms with Crippen molar-refractivity contribution in [2.24, 2.45) is 0 Å². The highest BCUT2D eigenvalue weighted by molar-refractivity contribution is 7.89. The molecule has 1 aliphatic heterocycles. The van der Waals surface area contributed by atoms with Crippen molar-refractivity contribution in [2.75, 3.05) is 38.2 Å². The molecule has 0 amide bonds. The van der Waals surface area contributed by atoms with Gasteiger partial charge < -0.3 is 19.4 Å². The average Bonchev–Trinajstić information content (AvgIpc) is 3.71. The molecular weight excluding hydrogens is 697 g/mol. The number of aryl methyl sites for hydroxylation is 1. The summed E-state index contributed by atoms with van der Waals surface area (Å²) in [7, 11) is -5.07. The topological polar surface area (TPSA) is 138 Å². The second-order valence-electron chi connectivity index (χ2n) is 14.3. The van der Waals surface area contributed by atoms with Crippen LogP contribution in [0.5, 0.6) is 0 Å². The van der Waals surface area contributed by atoms with E-state index in [9.17, 15) is 13.2 Å². The maximum absolute atomic E-state index is 14.0. The van der Waals surface area contributed by atoms with Crippen LogP contribution >= 0.6 is 0 Å². The molecule has 0 saturated carbocycles. The fraction of sp³-hybridized carbons (Fsp3) is 0.351. The maximum Gasteiger partial charge on any atom is 0.282 e. The average molecular weight is 741 g/mol. The van der Waals surface area contributed by atoms with Gasteiger partial charge in [-0.05, 0) is 61.4 Å².